The number of fused-ring (bicyclic) bond motifs is 1. The van der Waals surface area contributed by atoms with Crippen LogP contribution >= 0.6 is 0 Å². The van der Waals surface area contributed by atoms with E-state index in [0.717, 1.165) is 71.9 Å². The van der Waals surface area contributed by atoms with Crippen LogP contribution in [0.1, 0.15) is 73.6 Å². The van der Waals surface area contributed by atoms with E-state index < -0.39 is 0 Å². The van der Waals surface area contributed by atoms with Gasteiger partial charge < -0.3 is 30.6 Å². The molecule has 8 heteroatoms. The molecule has 1 aliphatic heterocycles. The number of likely N-dealkylation sites (N-methyl/N-ethyl adjacent to an activating group) is 1. The minimum absolute atomic E-state index is 0.0331. The average Bonchev–Trinajstić information content (AvgIpc) is 3.35. The fraction of sp³-hybridized carbons (Fsp3) is 0.588. The molecular formula is C34H54N6O2. The van der Waals surface area contributed by atoms with Crippen LogP contribution < -0.4 is 16.0 Å². The Balaban J connectivity index is 1.85. The molecule has 4 N–H and O–H groups in total. The number of rotatable bonds is 12. The van der Waals surface area contributed by atoms with Crippen LogP contribution in [0.2, 0.25) is 0 Å². The molecule has 0 bridgehead atoms. The predicted octanol–water partition coefficient (Wildman–Crippen LogP) is 5.88. The summed E-state index contributed by atoms with van der Waals surface area (Å²) >= 11 is 0. The van der Waals surface area contributed by atoms with Crippen molar-refractivity contribution in [2.45, 2.75) is 67.7 Å². The largest absolute Gasteiger partial charge is 0.493 e. The maximum absolute atomic E-state index is 12.2. The van der Waals surface area contributed by atoms with Gasteiger partial charge in [0.1, 0.15) is 11.6 Å². The number of anilines is 1. The van der Waals surface area contributed by atoms with Gasteiger partial charge in [0.2, 0.25) is 5.91 Å². The maximum Gasteiger partial charge on any atom is 0.220 e. The van der Waals surface area contributed by atoms with E-state index in [9.17, 15) is 4.79 Å². The minimum atomic E-state index is -0.217. The molecule has 8 nitrogen and oxygen atoms in total. The van der Waals surface area contributed by atoms with Gasteiger partial charge in [-0.2, -0.15) is 0 Å². The van der Waals surface area contributed by atoms with Crippen molar-refractivity contribution in [3.8, 4) is 0 Å². The van der Waals surface area contributed by atoms with E-state index in [-0.39, 0.29) is 16.7 Å². The fourth-order valence-electron chi connectivity index (χ4n) is 4.83. The molecule has 1 aliphatic rings. The highest BCUT2D eigenvalue weighted by Gasteiger charge is 2.28. The monoisotopic (exact) mass is 578 g/mol. The second-order valence-electron chi connectivity index (χ2n) is 13.6. The van der Waals surface area contributed by atoms with Crippen LogP contribution in [-0.2, 0) is 9.53 Å². The lowest BCUT2D eigenvalue weighted by molar-refractivity contribution is -0.121. The van der Waals surface area contributed by atoms with E-state index in [1.54, 1.807) is 0 Å². The molecule has 0 radical (unpaired) electrons. The van der Waals surface area contributed by atoms with Crippen LogP contribution in [0, 0.1) is 10.8 Å². The second kappa shape index (κ2) is 14.4. The zero-order chi connectivity index (χ0) is 31.1. The van der Waals surface area contributed by atoms with E-state index >= 15 is 0 Å². The standard InChI is InChI=1S/C34H54N6O2/c1-24(32-37-28-14-13-26(23-29(28)38-32)40-19-17-39(9)18-20-40)22-27(34(6,7)8)31(25(2)33(3,4)5)42-21-10-12-30(41)36-16-11-15-35/h13-14,22-23H,1,10-12,15-21,35H2,2-9H3,(H,36,41)(H,37,38)/b27-22+,31-25-. The molecule has 0 saturated carbocycles. The number of carbonyl (C=O) groups excluding carboxylic acids is 1. The van der Waals surface area contributed by atoms with Gasteiger partial charge in [-0.1, -0.05) is 48.1 Å². The number of ether oxygens (including phenoxy) is 1. The van der Waals surface area contributed by atoms with Gasteiger partial charge in [0.25, 0.3) is 0 Å². The molecule has 0 atom stereocenters. The topological polar surface area (TPSA) is 99.5 Å². The number of allylic oxidation sites excluding steroid dienone is 4. The fourth-order valence-corrected chi connectivity index (χ4v) is 4.83. The first-order valence-electron chi connectivity index (χ1n) is 15.4. The number of hydrogen-bond donors (Lipinski definition) is 3. The third-order valence-electron chi connectivity index (χ3n) is 7.97. The Morgan fingerprint density at radius 3 is 2.43 bits per heavy atom. The molecule has 3 rings (SSSR count). The van der Waals surface area contributed by atoms with Crippen molar-refractivity contribution in [3.05, 3.63) is 53.6 Å². The molecule has 0 unspecified atom stereocenters. The summed E-state index contributed by atoms with van der Waals surface area (Å²) in [4.78, 5) is 25.4. The van der Waals surface area contributed by atoms with Gasteiger partial charge >= 0.3 is 0 Å². The number of piperazine rings is 1. The molecule has 1 aromatic carbocycles. The predicted molar refractivity (Wildman–Crippen MR) is 176 cm³/mol. The first kappa shape index (κ1) is 33.4. The van der Waals surface area contributed by atoms with Crippen LogP contribution in [0.4, 0.5) is 5.69 Å². The molecule has 1 saturated heterocycles. The normalized spacial score (nSPS) is 16.0. The number of nitrogens with zero attached hydrogens (tertiary/aromatic N) is 3. The minimum Gasteiger partial charge on any atom is -0.493 e. The highest BCUT2D eigenvalue weighted by atomic mass is 16.5. The molecule has 1 fully saturated rings. The molecular weight excluding hydrogens is 524 g/mol. The van der Waals surface area contributed by atoms with Crippen molar-refractivity contribution in [2.75, 3.05) is 57.8 Å². The summed E-state index contributed by atoms with van der Waals surface area (Å²) < 4.78 is 6.51. The summed E-state index contributed by atoms with van der Waals surface area (Å²) in [6.45, 7) is 25.5. The Bertz CT molecular complexity index is 1280. The van der Waals surface area contributed by atoms with Crippen molar-refractivity contribution in [2.24, 2.45) is 16.6 Å². The molecule has 0 spiro atoms. The smallest absolute Gasteiger partial charge is 0.220 e. The number of hydrogen-bond acceptors (Lipinski definition) is 6. The molecule has 1 aromatic heterocycles. The van der Waals surface area contributed by atoms with Crippen molar-refractivity contribution in [1.29, 1.82) is 0 Å². The van der Waals surface area contributed by atoms with Gasteiger partial charge in [0.15, 0.2) is 0 Å². The van der Waals surface area contributed by atoms with Crippen LogP contribution in [0.3, 0.4) is 0 Å². The van der Waals surface area contributed by atoms with Crippen LogP contribution in [0.25, 0.3) is 16.6 Å². The molecule has 2 aromatic rings. The third-order valence-corrected chi connectivity index (χ3v) is 7.97. The number of benzene rings is 1. The Kier molecular flexibility index (Phi) is 11.4. The number of aromatic nitrogens is 2. The first-order chi connectivity index (χ1) is 19.7. The van der Waals surface area contributed by atoms with Gasteiger partial charge in [-0.15, -0.1) is 0 Å². The number of H-pyrrole nitrogens is 1. The summed E-state index contributed by atoms with van der Waals surface area (Å²) in [6, 6.07) is 6.45. The Morgan fingerprint density at radius 1 is 1.12 bits per heavy atom. The lowest BCUT2D eigenvalue weighted by Crippen LogP contribution is -2.44. The SMILES string of the molecule is C=C(/C=C(\C(OCCCC(=O)NCCCN)=C(/C)C(C)(C)C)C(C)(C)C)c1nc2ccc(N3CCN(C)CC3)cc2[nH]1. The summed E-state index contributed by atoms with van der Waals surface area (Å²) in [5.41, 5.74) is 11.4. The van der Waals surface area contributed by atoms with Crippen LogP contribution in [0.15, 0.2) is 47.8 Å². The third kappa shape index (κ3) is 9.20. The lowest BCUT2D eigenvalue weighted by Gasteiger charge is -2.34. The van der Waals surface area contributed by atoms with Gasteiger partial charge in [0, 0.05) is 56.0 Å². The van der Waals surface area contributed by atoms with E-state index in [1.807, 2.05) is 0 Å². The number of imidazole rings is 1. The molecule has 1 amide bonds. The Hall–Kier alpha value is -3.10. The average molecular weight is 579 g/mol. The zero-order valence-corrected chi connectivity index (χ0v) is 27.3. The summed E-state index contributed by atoms with van der Waals surface area (Å²) in [6.07, 6.45) is 3.95. The Labute approximate surface area is 253 Å². The van der Waals surface area contributed by atoms with Crippen molar-refractivity contribution in [1.82, 2.24) is 20.2 Å². The number of aromatic amines is 1. The highest BCUT2D eigenvalue weighted by molar-refractivity contribution is 5.84. The van der Waals surface area contributed by atoms with Gasteiger partial charge in [-0.3, -0.25) is 4.79 Å². The number of nitrogens with two attached hydrogens (primary N) is 1. The van der Waals surface area contributed by atoms with Gasteiger partial charge in [-0.25, -0.2) is 4.98 Å². The van der Waals surface area contributed by atoms with Crippen LogP contribution in [0.5, 0.6) is 0 Å². The molecule has 42 heavy (non-hydrogen) atoms. The zero-order valence-electron chi connectivity index (χ0n) is 27.3. The molecule has 232 valence electrons. The van der Waals surface area contributed by atoms with E-state index in [0.29, 0.717) is 32.5 Å². The maximum atomic E-state index is 12.2. The van der Waals surface area contributed by atoms with Crippen molar-refractivity contribution >= 4 is 28.2 Å². The molecule has 2 heterocycles. The van der Waals surface area contributed by atoms with Crippen molar-refractivity contribution in [3.63, 3.8) is 0 Å². The van der Waals surface area contributed by atoms with Crippen LogP contribution in [-0.4, -0.2) is 73.7 Å². The number of amides is 1. The summed E-state index contributed by atoms with van der Waals surface area (Å²) in [5.74, 6) is 1.66. The molecule has 0 aliphatic carbocycles. The summed E-state index contributed by atoms with van der Waals surface area (Å²) in [7, 11) is 2.17. The van der Waals surface area contributed by atoms with E-state index in [4.69, 9.17) is 15.5 Å². The Morgan fingerprint density at radius 2 is 1.81 bits per heavy atom. The summed E-state index contributed by atoms with van der Waals surface area (Å²) in [5, 5.41) is 2.92. The van der Waals surface area contributed by atoms with E-state index in [2.05, 4.69) is 106 Å². The number of carbonyl (C=O) groups is 1. The van der Waals surface area contributed by atoms with Gasteiger partial charge in [-0.05, 0) is 74.0 Å². The quantitative estimate of drug-likeness (QED) is 0.165. The lowest BCUT2D eigenvalue weighted by atomic mass is 9.78. The highest BCUT2D eigenvalue weighted by Crippen LogP contribution is 2.40. The van der Waals surface area contributed by atoms with Gasteiger partial charge in [0.05, 0.1) is 17.6 Å². The second-order valence-corrected chi connectivity index (χ2v) is 13.6. The first-order valence-corrected chi connectivity index (χ1v) is 15.4. The van der Waals surface area contributed by atoms with E-state index in [1.165, 1.54) is 5.69 Å². The van der Waals surface area contributed by atoms with Crippen molar-refractivity contribution < 1.29 is 9.53 Å². The number of nitrogens with one attached hydrogen (secondary N) is 2.